The van der Waals surface area contributed by atoms with Crippen molar-refractivity contribution in [3.8, 4) is 5.75 Å². The van der Waals surface area contributed by atoms with Gasteiger partial charge in [0, 0.05) is 49.6 Å². The van der Waals surface area contributed by atoms with E-state index in [9.17, 15) is 9.59 Å². The number of anilines is 1. The molecular weight excluding hydrogens is 406 g/mol. The lowest BCUT2D eigenvalue weighted by molar-refractivity contribution is -0.127. The number of methoxy groups -OCH3 is 1. The molecule has 0 atom stereocenters. The van der Waals surface area contributed by atoms with Crippen LogP contribution in [-0.2, 0) is 4.79 Å². The summed E-state index contributed by atoms with van der Waals surface area (Å²) < 4.78 is 10.7. The molecule has 0 radical (unpaired) electrons. The summed E-state index contributed by atoms with van der Waals surface area (Å²) in [5.74, 6) is 0.716. The molecule has 2 heterocycles. The zero-order valence-electron chi connectivity index (χ0n) is 17.9. The first-order valence-corrected chi connectivity index (χ1v) is 10.4. The number of hydrogen-bond donors (Lipinski definition) is 1. The molecule has 1 aliphatic rings. The van der Waals surface area contributed by atoms with Crippen LogP contribution in [0.2, 0.25) is 0 Å². The van der Waals surface area contributed by atoms with E-state index in [1.165, 1.54) is 6.26 Å². The topological polar surface area (TPSA) is 75.0 Å². The smallest absolute Gasteiger partial charge is 0.270 e. The molecule has 2 amide bonds. The Morgan fingerprint density at radius 2 is 1.75 bits per heavy atom. The molecule has 0 saturated carbocycles. The summed E-state index contributed by atoms with van der Waals surface area (Å²) in [6.07, 6.45) is 3.09. The molecule has 4 rings (SSSR count). The van der Waals surface area contributed by atoms with Crippen LogP contribution in [0.4, 0.5) is 5.69 Å². The largest absolute Gasteiger partial charge is 0.497 e. The van der Waals surface area contributed by atoms with Crippen LogP contribution in [0.15, 0.2) is 83.1 Å². The number of ether oxygens (including phenoxy) is 1. The summed E-state index contributed by atoms with van der Waals surface area (Å²) in [4.78, 5) is 30.0. The van der Waals surface area contributed by atoms with Crippen LogP contribution in [-0.4, -0.2) is 50.0 Å². The fraction of sp³-hybridized carbons (Fsp3) is 0.200. The second-order valence-corrected chi connectivity index (χ2v) is 7.37. The highest BCUT2D eigenvalue weighted by Crippen LogP contribution is 2.22. The van der Waals surface area contributed by atoms with Crippen LogP contribution < -0.4 is 15.0 Å². The summed E-state index contributed by atoms with van der Waals surface area (Å²) in [7, 11) is 1.65. The Labute approximate surface area is 186 Å². The fourth-order valence-corrected chi connectivity index (χ4v) is 3.60. The number of amides is 2. The maximum absolute atomic E-state index is 13.3. The first-order valence-electron chi connectivity index (χ1n) is 10.4. The molecule has 1 N–H and O–H groups in total. The second kappa shape index (κ2) is 9.87. The number of furan rings is 1. The number of nitrogens with zero attached hydrogens (tertiary/aromatic N) is 2. The average molecular weight is 431 g/mol. The van der Waals surface area contributed by atoms with Gasteiger partial charge in [0.25, 0.3) is 11.8 Å². The van der Waals surface area contributed by atoms with Gasteiger partial charge in [-0.25, -0.2) is 0 Å². The summed E-state index contributed by atoms with van der Waals surface area (Å²) >= 11 is 0. The molecule has 1 aromatic heterocycles. The summed E-state index contributed by atoms with van der Waals surface area (Å²) in [5, 5.41) is 2.77. The standard InChI is InChI=1S/C25H25N3O4/c1-31-21-10-5-9-20(17-21)27-12-14-28(15-13-27)25(30)23(18-22-11-6-16-32-22)26-24(29)19-7-3-2-4-8-19/h2-11,16-18H,12-15H2,1H3,(H,26,29). The quantitative estimate of drug-likeness (QED) is 0.606. The zero-order chi connectivity index (χ0) is 22.3. The molecule has 1 aliphatic heterocycles. The van der Waals surface area contributed by atoms with E-state index in [1.54, 1.807) is 54.5 Å². The number of carbonyl (C=O) groups excluding carboxylic acids is 2. The molecule has 0 bridgehead atoms. The van der Waals surface area contributed by atoms with Gasteiger partial charge in [-0.3, -0.25) is 9.59 Å². The van der Waals surface area contributed by atoms with E-state index in [0.717, 1.165) is 11.4 Å². The van der Waals surface area contributed by atoms with Crippen LogP contribution >= 0.6 is 0 Å². The molecule has 7 nitrogen and oxygen atoms in total. The number of carbonyl (C=O) groups is 2. The minimum absolute atomic E-state index is 0.184. The van der Waals surface area contributed by atoms with Crippen molar-refractivity contribution in [2.75, 3.05) is 38.2 Å². The van der Waals surface area contributed by atoms with Gasteiger partial charge in [-0.15, -0.1) is 0 Å². The molecule has 1 saturated heterocycles. The molecule has 164 valence electrons. The van der Waals surface area contributed by atoms with Gasteiger partial charge >= 0.3 is 0 Å². The molecule has 7 heteroatoms. The van der Waals surface area contributed by atoms with Crippen molar-refractivity contribution < 1.29 is 18.7 Å². The number of benzene rings is 2. The highest BCUT2D eigenvalue weighted by Gasteiger charge is 2.25. The van der Waals surface area contributed by atoms with E-state index in [4.69, 9.17) is 9.15 Å². The van der Waals surface area contributed by atoms with E-state index < -0.39 is 0 Å². The SMILES string of the molecule is COc1cccc(N2CCN(C(=O)C(=Cc3ccco3)NC(=O)c3ccccc3)CC2)c1. The summed E-state index contributed by atoms with van der Waals surface area (Å²) in [6.45, 7) is 2.43. The summed E-state index contributed by atoms with van der Waals surface area (Å²) in [6, 6.07) is 20.2. The van der Waals surface area contributed by atoms with E-state index in [2.05, 4.69) is 10.2 Å². The van der Waals surface area contributed by atoms with E-state index >= 15 is 0 Å². The number of nitrogens with one attached hydrogen (secondary N) is 1. The van der Waals surface area contributed by atoms with E-state index in [-0.39, 0.29) is 17.5 Å². The van der Waals surface area contributed by atoms with E-state index in [1.807, 2.05) is 30.3 Å². The van der Waals surface area contributed by atoms with Crippen molar-refractivity contribution in [3.05, 3.63) is 90.0 Å². The Kier molecular flexibility index (Phi) is 6.55. The van der Waals surface area contributed by atoms with Crippen molar-refractivity contribution in [3.63, 3.8) is 0 Å². The Bertz CT molecular complexity index is 1090. The predicted molar refractivity (Wildman–Crippen MR) is 122 cm³/mol. The first-order chi connectivity index (χ1) is 15.6. The molecule has 2 aromatic carbocycles. The molecule has 0 unspecified atom stereocenters. The minimum atomic E-state index is -0.341. The normalized spacial score (nSPS) is 14.2. The Morgan fingerprint density at radius 3 is 2.44 bits per heavy atom. The van der Waals surface area contributed by atoms with Crippen molar-refractivity contribution >= 4 is 23.6 Å². The lowest BCUT2D eigenvalue weighted by Gasteiger charge is -2.36. The van der Waals surface area contributed by atoms with Crippen molar-refractivity contribution in [1.82, 2.24) is 10.2 Å². The van der Waals surface area contributed by atoms with Gasteiger partial charge in [-0.2, -0.15) is 0 Å². The van der Waals surface area contributed by atoms with Crippen LogP contribution in [0.5, 0.6) is 5.75 Å². The van der Waals surface area contributed by atoms with Crippen LogP contribution in [0.25, 0.3) is 6.08 Å². The molecule has 0 aliphatic carbocycles. The first kappa shape index (κ1) is 21.2. The average Bonchev–Trinajstić information content (AvgIpc) is 3.37. The molecule has 0 spiro atoms. The Balaban J connectivity index is 1.47. The summed E-state index contributed by atoms with van der Waals surface area (Å²) in [5.41, 5.74) is 1.72. The maximum Gasteiger partial charge on any atom is 0.270 e. The molecule has 1 fully saturated rings. The maximum atomic E-state index is 13.3. The lowest BCUT2D eigenvalue weighted by Crippen LogP contribution is -2.50. The van der Waals surface area contributed by atoms with Gasteiger partial charge in [0.1, 0.15) is 17.2 Å². The molecule has 3 aromatic rings. The highest BCUT2D eigenvalue weighted by atomic mass is 16.5. The highest BCUT2D eigenvalue weighted by molar-refractivity contribution is 6.05. The number of piperazine rings is 1. The van der Waals surface area contributed by atoms with Gasteiger partial charge in [0.15, 0.2) is 0 Å². The van der Waals surface area contributed by atoms with Gasteiger partial charge in [0.2, 0.25) is 0 Å². The van der Waals surface area contributed by atoms with Gasteiger partial charge in [0.05, 0.1) is 13.4 Å². The van der Waals surface area contributed by atoms with Crippen molar-refractivity contribution in [2.24, 2.45) is 0 Å². The van der Waals surface area contributed by atoms with Gasteiger partial charge in [-0.1, -0.05) is 24.3 Å². The van der Waals surface area contributed by atoms with Gasteiger partial charge in [-0.05, 0) is 36.4 Å². The monoisotopic (exact) mass is 431 g/mol. The Hall–Kier alpha value is -4.00. The molecule has 32 heavy (non-hydrogen) atoms. The third kappa shape index (κ3) is 5.00. The van der Waals surface area contributed by atoms with Gasteiger partial charge < -0.3 is 24.3 Å². The fourth-order valence-electron chi connectivity index (χ4n) is 3.60. The van der Waals surface area contributed by atoms with Crippen molar-refractivity contribution in [2.45, 2.75) is 0 Å². The molecular formula is C25H25N3O4. The minimum Gasteiger partial charge on any atom is -0.497 e. The van der Waals surface area contributed by atoms with Crippen molar-refractivity contribution in [1.29, 1.82) is 0 Å². The third-order valence-electron chi connectivity index (χ3n) is 5.33. The second-order valence-electron chi connectivity index (χ2n) is 7.37. The lowest BCUT2D eigenvalue weighted by atomic mass is 10.2. The number of hydrogen-bond acceptors (Lipinski definition) is 5. The van der Waals surface area contributed by atoms with E-state index in [0.29, 0.717) is 37.5 Å². The third-order valence-corrected chi connectivity index (χ3v) is 5.33. The van der Waals surface area contributed by atoms with Crippen LogP contribution in [0, 0.1) is 0 Å². The number of rotatable bonds is 6. The van der Waals surface area contributed by atoms with Crippen LogP contribution in [0.1, 0.15) is 16.1 Å². The van der Waals surface area contributed by atoms with Crippen LogP contribution in [0.3, 0.4) is 0 Å². The zero-order valence-corrected chi connectivity index (χ0v) is 17.9. The predicted octanol–water partition coefficient (Wildman–Crippen LogP) is 3.41. The Morgan fingerprint density at radius 1 is 0.969 bits per heavy atom.